The smallest absolute Gasteiger partial charge is 0.167 e. The summed E-state index contributed by atoms with van der Waals surface area (Å²) in [5.41, 5.74) is 1.93. The van der Waals surface area contributed by atoms with Crippen molar-refractivity contribution in [3.05, 3.63) is 17.5 Å². The first-order valence-corrected chi connectivity index (χ1v) is 10.2. The molecule has 7 heteroatoms. The average molecular weight is 326 g/mol. The van der Waals surface area contributed by atoms with Crippen LogP contribution < -0.4 is 5.32 Å². The van der Waals surface area contributed by atoms with Gasteiger partial charge in [-0.25, -0.2) is 8.42 Å². The number of fused-ring (bicyclic) bond motifs is 1. The van der Waals surface area contributed by atoms with E-state index in [1.54, 1.807) is 6.20 Å². The molecule has 0 spiro atoms. The SMILES string of the molecule is CS(=O)(=O)C1NCCc2c1cnn2CCCN1CCCCC1. The zero-order valence-electron chi connectivity index (χ0n) is 13.3. The molecule has 0 aromatic carbocycles. The van der Waals surface area contributed by atoms with Gasteiger partial charge in [0.2, 0.25) is 0 Å². The second-order valence-corrected chi connectivity index (χ2v) is 8.57. The predicted octanol–water partition coefficient (Wildman–Crippen LogP) is 0.948. The third kappa shape index (κ3) is 3.52. The van der Waals surface area contributed by atoms with E-state index >= 15 is 0 Å². The van der Waals surface area contributed by atoms with Gasteiger partial charge in [-0.15, -0.1) is 0 Å². The molecule has 0 bridgehead atoms. The van der Waals surface area contributed by atoms with Crippen LogP contribution in [0.1, 0.15) is 42.3 Å². The van der Waals surface area contributed by atoms with E-state index in [4.69, 9.17) is 0 Å². The number of aromatic nitrogens is 2. The summed E-state index contributed by atoms with van der Waals surface area (Å²) in [7, 11) is -3.14. The number of rotatable bonds is 5. The van der Waals surface area contributed by atoms with Gasteiger partial charge in [0.25, 0.3) is 0 Å². The molecule has 1 fully saturated rings. The summed E-state index contributed by atoms with van der Waals surface area (Å²) >= 11 is 0. The van der Waals surface area contributed by atoms with E-state index in [1.165, 1.54) is 38.6 Å². The highest BCUT2D eigenvalue weighted by Gasteiger charge is 2.30. The quantitative estimate of drug-likeness (QED) is 0.872. The largest absolute Gasteiger partial charge is 0.303 e. The van der Waals surface area contributed by atoms with Crippen molar-refractivity contribution in [2.75, 3.05) is 32.4 Å². The molecule has 0 saturated carbocycles. The van der Waals surface area contributed by atoms with Crippen molar-refractivity contribution in [1.29, 1.82) is 0 Å². The highest BCUT2D eigenvalue weighted by Crippen LogP contribution is 2.26. The minimum absolute atomic E-state index is 0.591. The third-order valence-corrected chi connectivity index (χ3v) is 5.95. The summed E-state index contributed by atoms with van der Waals surface area (Å²) in [6.45, 7) is 5.13. The molecule has 1 atom stereocenters. The molecule has 1 N–H and O–H groups in total. The van der Waals surface area contributed by atoms with Crippen molar-refractivity contribution in [2.45, 2.75) is 44.0 Å². The van der Waals surface area contributed by atoms with Crippen LogP contribution in [0, 0.1) is 0 Å². The lowest BCUT2D eigenvalue weighted by Crippen LogP contribution is -2.35. The normalized spacial score (nSPS) is 23.4. The first-order chi connectivity index (χ1) is 10.6. The van der Waals surface area contributed by atoms with Gasteiger partial charge in [0.1, 0.15) is 5.37 Å². The fourth-order valence-electron chi connectivity index (χ4n) is 3.55. The molecule has 1 aromatic heterocycles. The van der Waals surface area contributed by atoms with Crippen molar-refractivity contribution >= 4 is 9.84 Å². The second kappa shape index (κ2) is 6.68. The van der Waals surface area contributed by atoms with Crippen LogP contribution in [0.25, 0.3) is 0 Å². The van der Waals surface area contributed by atoms with Crippen molar-refractivity contribution in [1.82, 2.24) is 20.0 Å². The van der Waals surface area contributed by atoms with Crippen molar-refractivity contribution in [3.63, 3.8) is 0 Å². The lowest BCUT2D eigenvalue weighted by molar-refractivity contribution is 0.221. The number of aryl methyl sites for hydroxylation is 1. The lowest BCUT2D eigenvalue weighted by Gasteiger charge is -2.26. The summed E-state index contributed by atoms with van der Waals surface area (Å²) in [5, 5.41) is 6.93. The Morgan fingerprint density at radius 2 is 2.05 bits per heavy atom. The Morgan fingerprint density at radius 1 is 1.27 bits per heavy atom. The van der Waals surface area contributed by atoms with E-state index in [9.17, 15) is 8.42 Å². The van der Waals surface area contributed by atoms with Crippen LogP contribution in [0.5, 0.6) is 0 Å². The van der Waals surface area contributed by atoms with E-state index in [0.29, 0.717) is 6.54 Å². The number of nitrogens with one attached hydrogen (secondary N) is 1. The van der Waals surface area contributed by atoms with E-state index in [-0.39, 0.29) is 0 Å². The molecule has 1 saturated heterocycles. The zero-order chi connectivity index (χ0) is 15.6. The Morgan fingerprint density at radius 3 is 2.77 bits per heavy atom. The van der Waals surface area contributed by atoms with Gasteiger partial charge in [0.05, 0.1) is 6.20 Å². The van der Waals surface area contributed by atoms with Gasteiger partial charge in [-0.2, -0.15) is 5.10 Å². The minimum Gasteiger partial charge on any atom is -0.303 e. The van der Waals surface area contributed by atoms with Crippen LogP contribution in [0.4, 0.5) is 0 Å². The van der Waals surface area contributed by atoms with Gasteiger partial charge in [-0.05, 0) is 38.9 Å². The molecular formula is C15H26N4O2S. The summed E-state index contributed by atoms with van der Waals surface area (Å²) in [5.74, 6) is 0. The first-order valence-electron chi connectivity index (χ1n) is 8.25. The number of hydrogen-bond acceptors (Lipinski definition) is 5. The molecule has 6 nitrogen and oxygen atoms in total. The number of likely N-dealkylation sites (tertiary alicyclic amines) is 1. The highest BCUT2D eigenvalue weighted by molar-refractivity contribution is 7.90. The molecule has 1 unspecified atom stereocenters. The second-order valence-electron chi connectivity index (χ2n) is 6.44. The summed E-state index contributed by atoms with van der Waals surface area (Å²) in [6, 6.07) is 0. The zero-order valence-corrected chi connectivity index (χ0v) is 14.1. The van der Waals surface area contributed by atoms with Crippen LogP contribution in [0.2, 0.25) is 0 Å². The predicted molar refractivity (Wildman–Crippen MR) is 86.4 cm³/mol. The monoisotopic (exact) mass is 326 g/mol. The Hall–Kier alpha value is -0.920. The maximum absolute atomic E-state index is 11.9. The molecule has 2 aliphatic heterocycles. The summed E-state index contributed by atoms with van der Waals surface area (Å²) < 4.78 is 25.8. The molecule has 0 radical (unpaired) electrons. The third-order valence-electron chi connectivity index (χ3n) is 4.68. The van der Waals surface area contributed by atoms with E-state index in [0.717, 1.165) is 37.2 Å². The molecule has 22 heavy (non-hydrogen) atoms. The highest BCUT2D eigenvalue weighted by atomic mass is 32.2. The maximum Gasteiger partial charge on any atom is 0.167 e. The number of hydrogen-bond donors (Lipinski definition) is 1. The van der Waals surface area contributed by atoms with Crippen LogP contribution >= 0.6 is 0 Å². The van der Waals surface area contributed by atoms with Gasteiger partial charge in [-0.1, -0.05) is 6.42 Å². The van der Waals surface area contributed by atoms with Crippen molar-refractivity contribution in [2.24, 2.45) is 0 Å². The fraction of sp³-hybridized carbons (Fsp3) is 0.800. The first kappa shape index (κ1) is 16.0. The van der Waals surface area contributed by atoms with Crippen LogP contribution in [0.15, 0.2) is 6.20 Å². The average Bonchev–Trinajstić information content (AvgIpc) is 2.91. The van der Waals surface area contributed by atoms with Gasteiger partial charge in [-0.3, -0.25) is 10.00 Å². The molecule has 0 amide bonds. The topological polar surface area (TPSA) is 67.2 Å². The number of piperidine rings is 1. The van der Waals surface area contributed by atoms with Gasteiger partial charge < -0.3 is 4.90 Å². The van der Waals surface area contributed by atoms with Crippen LogP contribution in [-0.4, -0.2) is 55.5 Å². The standard InChI is InChI=1S/C15H26N4O2S/c1-22(20,21)15-13-12-17-19(14(13)6-7-16-15)11-5-10-18-8-3-2-4-9-18/h12,15-16H,2-11H2,1H3. The Labute approximate surface area is 132 Å². The molecule has 0 aliphatic carbocycles. The Bertz CT molecular complexity index is 605. The van der Waals surface area contributed by atoms with Crippen LogP contribution in [0.3, 0.4) is 0 Å². The number of sulfone groups is 1. The van der Waals surface area contributed by atoms with Crippen molar-refractivity contribution in [3.8, 4) is 0 Å². The van der Waals surface area contributed by atoms with Gasteiger partial charge >= 0.3 is 0 Å². The molecule has 1 aromatic rings. The van der Waals surface area contributed by atoms with E-state index in [2.05, 4.69) is 15.3 Å². The van der Waals surface area contributed by atoms with Crippen molar-refractivity contribution < 1.29 is 8.42 Å². The molecule has 2 aliphatic rings. The number of nitrogens with zero attached hydrogens (tertiary/aromatic N) is 3. The Balaban J connectivity index is 1.62. The summed E-state index contributed by atoms with van der Waals surface area (Å²) in [6.07, 6.45) is 8.94. The van der Waals surface area contributed by atoms with Crippen LogP contribution in [-0.2, 0) is 22.8 Å². The minimum atomic E-state index is -3.14. The Kier molecular flexibility index (Phi) is 4.84. The maximum atomic E-state index is 11.9. The molecule has 3 rings (SSSR count). The summed E-state index contributed by atoms with van der Waals surface area (Å²) in [4.78, 5) is 2.53. The fourth-order valence-corrected chi connectivity index (χ4v) is 4.63. The van der Waals surface area contributed by atoms with Gasteiger partial charge in [0, 0.05) is 37.0 Å². The van der Waals surface area contributed by atoms with Gasteiger partial charge in [0.15, 0.2) is 9.84 Å². The molecule has 124 valence electrons. The molecule has 3 heterocycles. The van der Waals surface area contributed by atoms with E-state index < -0.39 is 15.2 Å². The molecular weight excluding hydrogens is 300 g/mol. The lowest BCUT2D eigenvalue weighted by atomic mass is 10.1. The van der Waals surface area contributed by atoms with E-state index in [1.807, 2.05) is 4.68 Å².